The van der Waals surface area contributed by atoms with E-state index in [4.69, 9.17) is 9.47 Å². The lowest BCUT2D eigenvalue weighted by molar-refractivity contribution is 0.0941. The standard InChI is InChI=1S/C17H17NO3.C16H14N2O2/c1-18-17(20)15-6-4-3-5-14(15)16(19)11-12-7-9-13(21-2)10-8-12;1-20-12-8-6-11(7-9-12)10-15-13-4-2-3-5-14(13)16(19)18-17-15/h3-10H,11H2,1-2H3,(H,18,20);2-9H,10H2,1H3,(H,18,19). The summed E-state index contributed by atoms with van der Waals surface area (Å²) < 4.78 is 10.2. The molecule has 0 radical (unpaired) electrons. The highest BCUT2D eigenvalue weighted by Gasteiger charge is 2.16. The average molecular weight is 550 g/mol. The molecule has 0 aliphatic heterocycles. The van der Waals surface area contributed by atoms with Gasteiger partial charge in [0.15, 0.2) is 5.78 Å². The van der Waals surface area contributed by atoms with Crippen LogP contribution in [0.3, 0.4) is 0 Å². The molecule has 8 nitrogen and oxygen atoms in total. The summed E-state index contributed by atoms with van der Waals surface area (Å²) in [5.74, 6) is 1.23. The smallest absolute Gasteiger partial charge is 0.272 e. The second kappa shape index (κ2) is 13.7. The van der Waals surface area contributed by atoms with Crippen molar-refractivity contribution in [2.45, 2.75) is 12.8 Å². The number of amides is 1. The number of methoxy groups -OCH3 is 2. The quantitative estimate of drug-likeness (QED) is 0.264. The van der Waals surface area contributed by atoms with Crippen LogP contribution in [0, 0.1) is 0 Å². The number of carbonyl (C=O) groups is 2. The summed E-state index contributed by atoms with van der Waals surface area (Å²) >= 11 is 0. The van der Waals surface area contributed by atoms with E-state index < -0.39 is 0 Å². The fraction of sp³-hybridized carbons (Fsp3) is 0.152. The summed E-state index contributed by atoms with van der Waals surface area (Å²) in [4.78, 5) is 35.9. The number of aromatic nitrogens is 2. The number of H-pyrrole nitrogens is 1. The first-order chi connectivity index (χ1) is 19.9. The number of fused-ring (bicyclic) bond motifs is 1. The van der Waals surface area contributed by atoms with Crippen molar-refractivity contribution in [3.63, 3.8) is 0 Å². The highest BCUT2D eigenvalue weighted by molar-refractivity contribution is 6.08. The summed E-state index contributed by atoms with van der Waals surface area (Å²) in [6, 6.07) is 29.5. The molecular weight excluding hydrogens is 518 g/mol. The van der Waals surface area contributed by atoms with Crippen molar-refractivity contribution in [2.24, 2.45) is 0 Å². The molecule has 2 N–H and O–H groups in total. The van der Waals surface area contributed by atoms with Gasteiger partial charge in [-0.15, -0.1) is 0 Å². The maximum Gasteiger partial charge on any atom is 0.272 e. The Morgan fingerprint density at radius 1 is 0.732 bits per heavy atom. The molecule has 208 valence electrons. The van der Waals surface area contributed by atoms with Crippen LogP contribution in [0.25, 0.3) is 10.8 Å². The van der Waals surface area contributed by atoms with Gasteiger partial charge in [0.2, 0.25) is 0 Å². The second-order valence-corrected chi connectivity index (χ2v) is 9.14. The monoisotopic (exact) mass is 549 g/mol. The van der Waals surface area contributed by atoms with Gasteiger partial charge in [-0.2, -0.15) is 5.10 Å². The second-order valence-electron chi connectivity index (χ2n) is 9.14. The van der Waals surface area contributed by atoms with Crippen LogP contribution in [-0.2, 0) is 12.8 Å². The molecule has 0 aliphatic rings. The van der Waals surface area contributed by atoms with Crippen LogP contribution in [0.2, 0.25) is 0 Å². The molecule has 0 unspecified atom stereocenters. The van der Waals surface area contributed by atoms with Crippen molar-refractivity contribution in [3.05, 3.63) is 135 Å². The molecule has 0 spiro atoms. The van der Waals surface area contributed by atoms with Gasteiger partial charge in [0, 0.05) is 30.8 Å². The van der Waals surface area contributed by atoms with Crippen LogP contribution in [0.5, 0.6) is 11.5 Å². The number of carbonyl (C=O) groups excluding carboxylic acids is 2. The van der Waals surface area contributed by atoms with Gasteiger partial charge >= 0.3 is 0 Å². The number of hydrogen-bond acceptors (Lipinski definition) is 6. The fourth-order valence-corrected chi connectivity index (χ4v) is 4.33. The number of hydrogen-bond donors (Lipinski definition) is 2. The molecule has 5 aromatic rings. The number of benzene rings is 4. The van der Waals surface area contributed by atoms with Gasteiger partial charge < -0.3 is 14.8 Å². The van der Waals surface area contributed by atoms with Crippen molar-refractivity contribution in [2.75, 3.05) is 21.3 Å². The zero-order chi connectivity index (χ0) is 29.2. The lowest BCUT2D eigenvalue weighted by Crippen LogP contribution is -2.21. The summed E-state index contributed by atoms with van der Waals surface area (Å²) in [5.41, 5.74) is 3.55. The lowest BCUT2D eigenvalue weighted by atomic mass is 9.98. The lowest BCUT2D eigenvalue weighted by Gasteiger charge is -2.08. The van der Waals surface area contributed by atoms with E-state index in [1.165, 1.54) is 0 Å². The minimum absolute atomic E-state index is 0.0839. The van der Waals surface area contributed by atoms with E-state index in [1.807, 2.05) is 72.8 Å². The normalized spacial score (nSPS) is 10.3. The van der Waals surface area contributed by atoms with Gasteiger partial charge in [-0.3, -0.25) is 14.4 Å². The van der Waals surface area contributed by atoms with E-state index in [1.54, 1.807) is 45.5 Å². The van der Waals surface area contributed by atoms with E-state index in [9.17, 15) is 14.4 Å². The first-order valence-corrected chi connectivity index (χ1v) is 13.0. The highest BCUT2D eigenvalue weighted by atomic mass is 16.5. The third kappa shape index (κ3) is 7.24. The number of ketones is 1. The predicted octanol–water partition coefficient (Wildman–Crippen LogP) is 5.00. The summed E-state index contributed by atoms with van der Waals surface area (Å²) in [6.45, 7) is 0. The Morgan fingerprint density at radius 2 is 1.27 bits per heavy atom. The van der Waals surface area contributed by atoms with Crippen molar-refractivity contribution >= 4 is 22.5 Å². The SMILES string of the molecule is CNC(=O)c1ccccc1C(=O)Cc1ccc(OC)cc1.COc1ccc(Cc2n[nH]c(=O)c3ccccc23)cc1. The van der Waals surface area contributed by atoms with Gasteiger partial charge in [-0.1, -0.05) is 60.7 Å². The van der Waals surface area contributed by atoms with Crippen LogP contribution in [0.15, 0.2) is 102 Å². The number of Topliss-reactive ketones (excluding diaryl/α,β-unsaturated/α-hetero) is 1. The Morgan fingerprint density at radius 3 is 1.85 bits per heavy atom. The highest BCUT2D eigenvalue weighted by Crippen LogP contribution is 2.19. The van der Waals surface area contributed by atoms with E-state index in [-0.39, 0.29) is 23.7 Å². The molecule has 0 atom stereocenters. The van der Waals surface area contributed by atoms with Crippen LogP contribution in [0.1, 0.15) is 37.5 Å². The number of nitrogens with zero attached hydrogens (tertiary/aromatic N) is 1. The number of rotatable bonds is 8. The maximum atomic E-state index is 12.4. The third-order valence-electron chi connectivity index (χ3n) is 6.53. The Kier molecular flexibility index (Phi) is 9.62. The molecule has 1 aromatic heterocycles. The third-order valence-corrected chi connectivity index (χ3v) is 6.53. The molecule has 41 heavy (non-hydrogen) atoms. The van der Waals surface area contributed by atoms with Gasteiger partial charge in [-0.25, -0.2) is 5.10 Å². The van der Waals surface area contributed by atoms with E-state index in [0.717, 1.165) is 33.7 Å². The molecule has 5 rings (SSSR count). The Bertz CT molecular complexity index is 1690. The minimum atomic E-state index is -0.256. The molecule has 0 aliphatic carbocycles. The number of aromatic amines is 1. The topological polar surface area (TPSA) is 110 Å². The first-order valence-electron chi connectivity index (χ1n) is 13.0. The molecule has 4 aromatic carbocycles. The Labute approximate surface area is 238 Å². The maximum absolute atomic E-state index is 12.4. The van der Waals surface area contributed by atoms with E-state index in [0.29, 0.717) is 22.9 Å². The first kappa shape index (κ1) is 28.8. The zero-order valence-corrected chi connectivity index (χ0v) is 23.1. The fourth-order valence-electron chi connectivity index (χ4n) is 4.33. The van der Waals surface area contributed by atoms with E-state index in [2.05, 4.69) is 15.5 Å². The average Bonchev–Trinajstić information content (AvgIpc) is 3.03. The van der Waals surface area contributed by atoms with Crippen molar-refractivity contribution < 1.29 is 19.1 Å². The van der Waals surface area contributed by atoms with Gasteiger partial charge in [0.05, 0.1) is 30.9 Å². The Hall–Kier alpha value is -5.24. The van der Waals surface area contributed by atoms with Gasteiger partial charge in [0.1, 0.15) is 11.5 Å². The summed E-state index contributed by atoms with van der Waals surface area (Å²) in [7, 11) is 4.79. The molecule has 0 fully saturated rings. The van der Waals surface area contributed by atoms with Crippen molar-refractivity contribution in [1.82, 2.24) is 15.5 Å². The molecule has 0 saturated heterocycles. The largest absolute Gasteiger partial charge is 0.497 e. The van der Waals surface area contributed by atoms with Gasteiger partial charge in [0.25, 0.3) is 11.5 Å². The van der Waals surface area contributed by atoms with Crippen molar-refractivity contribution in [1.29, 1.82) is 0 Å². The van der Waals surface area contributed by atoms with Crippen LogP contribution in [0.4, 0.5) is 0 Å². The van der Waals surface area contributed by atoms with E-state index >= 15 is 0 Å². The van der Waals surface area contributed by atoms with Crippen LogP contribution >= 0.6 is 0 Å². The Balaban J connectivity index is 0.000000189. The molecule has 0 bridgehead atoms. The van der Waals surface area contributed by atoms with Crippen molar-refractivity contribution in [3.8, 4) is 11.5 Å². The molecule has 1 heterocycles. The summed E-state index contributed by atoms with van der Waals surface area (Å²) in [6.07, 6.45) is 0.916. The molecule has 0 saturated carbocycles. The number of nitrogens with one attached hydrogen (secondary N) is 2. The molecular formula is C33H31N3O5. The van der Waals surface area contributed by atoms with Crippen LogP contribution in [-0.4, -0.2) is 43.2 Å². The molecule has 1 amide bonds. The van der Waals surface area contributed by atoms with Crippen LogP contribution < -0.4 is 20.3 Å². The predicted molar refractivity (Wildman–Crippen MR) is 159 cm³/mol. The summed E-state index contributed by atoms with van der Waals surface area (Å²) in [5, 5.41) is 10.8. The molecule has 8 heteroatoms. The van der Waals surface area contributed by atoms with Gasteiger partial charge in [-0.05, 0) is 47.5 Å². The number of ether oxygens (including phenoxy) is 2. The zero-order valence-electron chi connectivity index (χ0n) is 23.1. The minimum Gasteiger partial charge on any atom is -0.497 e.